The molecule has 8 aromatic carbocycles. The van der Waals surface area contributed by atoms with E-state index in [0.717, 1.165) is 130 Å². The lowest BCUT2D eigenvalue weighted by Gasteiger charge is -2.39. The maximum atomic E-state index is 10.7. The molecule has 4 aromatic heterocycles. The first-order valence-corrected chi connectivity index (χ1v) is 34.7. The molecule has 0 radical (unpaired) electrons. The van der Waals surface area contributed by atoms with Gasteiger partial charge in [0, 0.05) is 93.6 Å². The van der Waals surface area contributed by atoms with Crippen LogP contribution < -0.4 is 5.32 Å². The summed E-state index contributed by atoms with van der Waals surface area (Å²) in [6.07, 6.45) is 18.4. The number of carbonyl (C=O) groups excluding carboxylic acids is 1. The van der Waals surface area contributed by atoms with Crippen LogP contribution in [-0.4, -0.2) is 109 Å². The molecule has 0 saturated carbocycles. The number of aryl methyl sites for hydroxylation is 2. The molecule has 0 bridgehead atoms. The molecule has 2 unspecified atom stereocenters. The van der Waals surface area contributed by atoms with Crippen LogP contribution in [0.2, 0.25) is 10.0 Å². The van der Waals surface area contributed by atoms with Gasteiger partial charge < -0.3 is 24.1 Å². The number of nitrogens with zero attached hydrogens (tertiary/aromatic N) is 9. The van der Waals surface area contributed by atoms with E-state index < -0.39 is 11.1 Å². The molecule has 2 aliphatic heterocycles. The average Bonchev–Trinajstić information content (AvgIpc) is 1.72. The lowest BCUT2D eigenvalue weighted by atomic mass is 9.77. The number of carbonyl (C=O) groups is 1. The minimum atomic E-state index is -0.528. The molecule has 490 valence electrons. The second kappa shape index (κ2) is 34.0. The molecule has 12 aromatic rings. The van der Waals surface area contributed by atoms with Crippen LogP contribution in [0.3, 0.4) is 0 Å². The van der Waals surface area contributed by atoms with Crippen LogP contribution in [0, 0.1) is 0 Å². The van der Waals surface area contributed by atoms with Crippen molar-refractivity contribution in [2.45, 2.75) is 61.7 Å². The zero-order valence-electron chi connectivity index (χ0n) is 54.9. The summed E-state index contributed by atoms with van der Waals surface area (Å²) in [6.45, 7) is 9.34. The van der Waals surface area contributed by atoms with Crippen molar-refractivity contribution in [3.8, 4) is 0 Å². The zero-order chi connectivity index (χ0) is 66.3. The average molecular weight is 1320 g/mol. The molecule has 13 heteroatoms. The molecular formula is C84H84Cl2N10O. The predicted molar refractivity (Wildman–Crippen MR) is 393 cm³/mol. The maximum absolute atomic E-state index is 10.7. The number of imidazole rings is 2. The Balaban J connectivity index is 0.000000154. The number of halogens is 2. The van der Waals surface area contributed by atoms with Gasteiger partial charge >= 0.3 is 0 Å². The number of rotatable bonds is 23. The summed E-state index contributed by atoms with van der Waals surface area (Å²) < 4.78 is 4.53. The van der Waals surface area contributed by atoms with Crippen molar-refractivity contribution in [1.29, 1.82) is 0 Å². The number of hydrogen-bond donors (Lipinski definition) is 1. The molecule has 6 heterocycles. The topological polar surface area (TPSA) is 100 Å². The smallest absolute Gasteiger partial charge is 0.121 e. The first kappa shape index (κ1) is 67.5. The number of benzene rings is 8. The van der Waals surface area contributed by atoms with E-state index in [4.69, 9.17) is 33.2 Å². The molecule has 97 heavy (non-hydrogen) atoms. The van der Waals surface area contributed by atoms with Gasteiger partial charge in [-0.05, 0) is 132 Å². The molecule has 0 amide bonds. The Morgan fingerprint density at radius 2 is 0.742 bits per heavy atom. The van der Waals surface area contributed by atoms with Crippen LogP contribution in [-0.2, 0) is 28.7 Å². The van der Waals surface area contributed by atoms with E-state index in [1.54, 1.807) is 0 Å². The SMILES string of the molecule is Clc1ccc(C(c2ccccn2)N2CCN(CCCCc3cn(C(c4ccccc4)(c4ccccc4)c4ccccc4)cn3)CC2)cc1.Clc1ccc(C(c2ccccn2)N2CCNCC2)cc1.O=CCCCc1cn(C(c2ccccc2)(c2ccccc2)c2ccccc2)cn1. The summed E-state index contributed by atoms with van der Waals surface area (Å²) in [5.41, 5.74) is 12.9. The quantitative estimate of drug-likeness (QED) is 0.0381. The van der Waals surface area contributed by atoms with Crippen LogP contribution in [0.15, 0.2) is 304 Å². The van der Waals surface area contributed by atoms with E-state index in [1.807, 2.05) is 85.7 Å². The van der Waals surface area contributed by atoms with Gasteiger partial charge in [0.05, 0.1) is 47.5 Å². The third kappa shape index (κ3) is 16.4. The normalized spacial score (nSPS) is 14.5. The van der Waals surface area contributed by atoms with E-state index in [1.165, 1.54) is 44.5 Å². The van der Waals surface area contributed by atoms with E-state index in [2.05, 4.69) is 258 Å². The van der Waals surface area contributed by atoms with Crippen molar-refractivity contribution < 1.29 is 4.79 Å². The molecule has 2 saturated heterocycles. The molecule has 2 atom stereocenters. The van der Waals surface area contributed by atoms with Gasteiger partial charge in [-0.1, -0.05) is 242 Å². The second-order valence-electron chi connectivity index (χ2n) is 24.8. The summed E-state index contributed by atoms with van der Waals surface area (Å²) in [6, 6.07) is 93.1. The summed E-state index contributed by atoms with van der Waals surface area (Å²) in [5, 5.41) is 4.93. The van der Waals surface area contributed by atoms with E-state index in [-0.39, 0.29) is 12.1 Å². The number of unbranched alkanes of at least 4 members (excludes halogenated alkanes) is 2. The zero-order valence-corrected chi connectivity index (χ0v) is 56.4. The van der Waals surface area contributed by atoms with Gasteiger partial charge in [0.2, 0.25) is 0 Å². The van der Waals surface area contributed by atoms with Gasteiger partial charge in [-0.3, -0.25) is 19.8 Å². The van der Waals surface area contributed by atoms with E-state index >= 15 is 0 Å². The Morgan fingerprint density at radius 1 is 0.392 bits per heavy atom. The molecule has 11 nitrogen and oxygen atoms in total. The van der Waals surface area contributed by atoms with Gasteiger partial charge in [0.25, 0.3) is 0 Å². The number of piperazine rings is 2. The van der Waals surface area contributed by atoms with Gasteiger partial charge in [-0.2, -0.15) is 0 Å². The second-order valence-corrected chi connectivity index (χ2v) is 25.6. The van der Waals surface area contributed by atoms with E-state index in [0.29, 0.717) is 6.42 Å². The molecular weight excluding hydrogens is 1240 g/mol. The first-order valence-electron chi connectivity index (χ1n) is 34.0. The highest BCUT2D eigenvalue weighted by molar-refractivity contribution is 6.30. The van der Waals surface area contributed by atoms with Crippen molar-refractivity contribution in [2.75, 3.05) is 58.9 Å². The number of aldehydes is 1. The fourth-order valence-corrected chi connectivity index (χ4v) is 14.3. The minimum Gasteiger partial charge on any atom is -0.319 e. The van der Waals surface area contributed by atoms with Crippen LogP contribution in [0.1, 0.15) is 105 Å². The summed E-state index contributed by atoms with van der Waals surface area (Å²) >= 11 is 12.2. The Kier molecular flexibility index (Phi) is 23.7. The van der Waals surface area contributed by atoms with Crippen molar-refractivity contribution >= 4 is 29.5 Å². The van der Waals surface area contributed by atoms with Crippen LogP contribution in [0.4, 0.5) is 0 Å². The maximum Gasteiger partial charge on any atom is 0.121 e. The van der Waals surface area contributed by atoms with Gasteiger partial charge in [-0.15, -0.1) is 0 Å². The monoisotopic (exact) mass is 1320 g/mol. The third-order valence-electron chi connectivity index (χ3n) is 18.7. The molecule has 1 N–H and O–H groups in total. The van der Waals surface area contributed by atoms with Crippen LogP contribution in [0.5, 0.6) is 0 Å². The van der Waals surface area contributed by atoms with Crippen LogP contribution in [0.25, 0.3) is 0 Å². The number of hydrogen-bond acceptors (Lipinski definition) is 9. The number of pyridine rings is 2. The highest BCUT2D eigenvalue weighted by Gasteiger charge is 2.40. The summed E-state index contributed by atoms with van der Waals surface area (Å²) in [7, 11) is 0. The standard InChI is InChI=1S/C42H42ClN5.C26H24N2O.C16H18ClN3/c43-38-24-22-34(23-25-38)41(40-21-10-12-26-44-40)47-30-28-46(29-31-47)27-13-11-20-39-32-48(33-45-39)42(35-14-4-1-5-15-35,36-16-6-2-7-17-36)37-18-8-3-9-19-37;29-19-11-10-18-25-20-28(21-27-25)26(22-12-4-1-5-13-22,23-14-6-2-7-15-23)24-16-8-3-9-17-24;17-14-6-4-13(5-7-14)16(15-3-1-2-8-19-15)20-11-9-18-10-12-20/h1-10,12,14-19,21-26,32-33,41H,11,13,20,27-31H2;1-9,12-17,19-21H,10-11,18H2;1-8,16,18H,9-12H2. The Morgan fingerprint density at radius 3 is 1.09 bits per heavy atom. The highest BCUT2D eigenvalue weighted by atomic mass is 35.5. The van der Waals surface area contributed by atoms with Crippen molar-refractivity contribution in [2.24, 2.45) is 0 Å². The van der Waals surface area contributed by atoms with Crippen LogP contribution >= 0.6 is 23.2 Å². The highest BCUT2D eigenvalue weighted by Crippen LogP contribution is 2.43. The van der Waals surface area contributed by atoms with Crippen molar-refractivity contribution in [3.05, 3.63) is 382 Å². The minimum absolute atomic E-state index is 0.135. The van der Waals surface area contributed by atoms with Gasteiger partial charge in [0.1, 0.15) is 17.4 Å². The molecule has 0 spiro atoms. The lowest BCUT2D eigenvalue weighted by molar-refractivity contribution is -0.107. The Bertz CT molecular complexity index is 4040. The molecule has 2 aliphatic rings. The summed E-state index contributed by atoms with van der Waals surface area (Å²) in [4.78, 5) is 37.3. The largest absolute Gasteiger partial charge is 0.319 e. The van der Waals surface area contributed by atoms with Gasteiger partial charge in [0.15, 0.2) is 0 Å². The summed E-state index contributed by atoms with van der Waals surface area (Å²) in [5.74, 6) is 0. The number of aromatic nitrogens is 6. The molecule has 2 fully saturated rings. The lowest BCUT2D eigenvalue weighted by Crippen LogP contribution is -2.48. The molecule has 14 rings (SSSR count). The molecule has 0 aliphatic carbocycles. The Labute approximate surface area is 582 Å². The fourth-order valence-electron chi connectivity index (χ4n) is 14.0. The van der Waals surface area contributed by atoms with Gasteiger partial charge in [-0.25, -0.2) is 9.97 Å². The predicted octanol–water partition coefficient (Wildman–Crippen LogP) is 16.5. The third-order valence-corrected chi connectivity index (χ3v) is 19.2. The first-order chi connectivity index (χ1) is 47.9. The Hall–Kier alpha value is -9.43. The number of nitrogens with one attached hydrogen (secondary N) is 1. The van der Waals surface area contributed by atoms with Crippen molar-refractivity contribution in [1.82, 2.24) is 49.1 Å². The van der Waals surface area contributed by atoms with E-state index in [9.17, 15) is 4.79 Å². The fraction of sp³-hybridized carbons (Fsp3) is 0.226. The van der Waals surface area contributed by atoms with Crippen molar-refractivity contribution in [3.63, 3.8) is 0 Å².